The van der Waals surface area contributed by atoms with Crippen LogP contribution >= 0.6 is 0 Å². The summed E-state index contributed by atoms with van der Waals surface area (Å²) in [5.74, 6) is 0.653. The summed E-state index contributed by atoms with van der Waals surface area (Å²) in [6.45, 7) is 3.84. The van der Waals surface area contributed by atoms with Gasteiger partial charge in [-0.2, -0.15) is 10.5 Å². The van der Waals surface area contributed by atoms with E-state index in [0.29, 0.717) is 17.9 Å². The lowest BCUT2D eigenvalue weighted by atomic mass is 10.2. The number of anilines is 1. The summed E-state index contributed by atoms with van der Waals surface area (Å²) < 4.78 is 0. The van der Waals surface area contributed by atoms with E-state index in [1.807, 2.05) is 38.1 Å². The third-order valence-corrected chi connectivity index (χ3v) is 2.07. The monoisotopic (exact) mass is 212 g/mol. The lowest BCUT2D eigenvalue weighted by Crippen LogP contribution is -2.03. The fourth-order valence-electron chi connectivity index (χ4n) is 1.25. The summed E-state index contributed by atoms with van der Waals surface area (Å²) in [4.78, 5) is 4.11. The molecule has 1 aromatic rings. The Kier molecular flexibility index (Phi) is 4.06. The van der Waals surface area contributed by atoms with Crippen LogP contribution in [0.2, 0.25) is 0 Å². The number of allylic oxidation sites excluding steroid dienone is 2. The van der Waals surface area contributed by atoms with Gasteiger partial charge in [0.15, 0.2) is 0 Å². The van der Waals surface area contributed by atoms with Crippen molar-refractivity contribution in [3.8, 4) is 12.1 Å². The number of aromatic nitrogens is 1. The first-order valence-electron chi connectivity index (χ1n) is 4.94. The van der Waals surface area contributed by atoms with Crippen molar-refractivity contribution in [3.63, 3.8) is 0 Å². The zero-order valence-corrected chi connectivity index (χ0v) is 9.28. The van der Waals surface area contributed by atoms with Gasteiger partial charge in [-0.3, -0.25) is 0 Å². The second-order valence-corrected chi connectivity index (χ2v) is 3.27. The van der Waals surface area contributed by atoms with E-state index in [4.69, 9.17) is 10.5 Å². The average molecular weight is 212 g/mol. The molecule has 1 rings (SSSR count). The molecule has 0 saturated carbocycles. The second-order valence-electron chi connectivity index (χ2n) is 3.27. The Morgan fingerprint density at radius 1 is 1.44 bits per heavy atom. The van der Waals surface area contributed by atoms with E-state index >= 15 is 0 Å². The number of hydrogen-bond donors (Lipinski definition) is 1. The minimum absolute atomic E-state index is 0.103. The molecule has 0 aliphatic carbocycles. The van der Waals surface area contributed by atoms with Crippen molar-refractivity contribution in [3.05, 3.63) is 35.2 Å². The van der Waals surface area contributed by atoms with E-state index in [0.717, 1.165) is 5.56 Å². The van der Waals surface area contributed by atoms with Crippen LogP contribution in [0.5, 0.6) is 0 Å². The SMILES string of the molecule is CCC(Nc1cc(C)ccn1)=C(C#N)C#N. The van der Waals surface area contributed by atoms with Crippen molar-refractivity contribution < 1.29 is 0 Å². The average Bonchev–Trinajstić information content (AvgIpc) is 2.29. The van der Waals surface area contributed by atoms with Crippen LogP contribution in [0.4, 0.5) is 5.82 Å². The Labute approximate surface area is 94.9 Å². The number of nitrogens with one attached hydrogen (secondary N) is 1. The largest absolute Gasteiger partial charge is 0.342 e. The fourth-order valence-corrected chi connectivity index (χ4v) is 1.25. The van der Waals surface area contributed by atoms with Crippen LogP contribution in [0.1, 0.15) is 18.9 Å². The van der Waals surface area contributed by atoms with Crippen LogP contribution in [-0.2, 0) is 0 Å². The minimum atomic E-state index is 0.103. The predicted molar refractivity (Wildman–Crippen MR) is 61.1 cm³/mol. The molecule has 16 heavy (non-hydrogen) atoms. The van der Waals surface area contributed by atoms with Gasteiger partial charge in [-0.15, -0.1) is 0 Å². The topological polar surface area (TPSA) is 72.5 Å². The van der Waals surface area contributed by atoms with Gasteiger partial charge in [0.25, 0.3) is 0 Å². The Morgan fingerprint density at radius 3 is 2.62 bits per heavy atom. The lowest BCUT2D eigenvalue weighted by molar-refractivity contribution is 1.08. The quantitative estimate of drug-likeness (QED) is 0.781. The molecule has 0 unspecified atom stereocenters. The van der Waals surface area contributed by atoms with Crippen LogP contribution < -0.4 is 5.32 Å². The fraction of sp³-hybridized carbons (Fsp3) is 0.250. The third kappa shape index (κ3) is 2.83. The highest BCUT2D eigenvalue weighted by Gasteiger charge is 2.05. The molecule has 0 aliphatic heterocycles. The second kappa shape index (κ2) is 5.53. The van der Waals surface area contributed by atoms with E-state index in [9.17, 15) is 0 Å². The Bertz CT molecular complexity index is 472. The normalized spacial score (nSPS) is 8.75. The molecule has 0 spiro atoms. The van der Waals surface area contributed by atoms with Gasteiger partial charge >= 0.3 is 0 Å². The van der Waals surface area contributed by atoms with E-state index in [-0.39, 0.29) is 5.57 Å². The highest BCUT2D eigenvalue weighted by molar-refractivity contribution is 5.50. The number of nitriles is 2. The third-order valence-electron chi connectivity index (χ3n) is 2.07. The molecule has 0 aromatic carbocycles. The Morgan fingerprint density at radius 2 is 2.12 bits per heavy atom. The van der Waals surface area contributed by atoms with Gasteiger partial charge in [0.1, 0.15) is 23.5 Å². The first-order chi connectivity index (χ1) is 7.71. The molecule has 0 fully saturated rings. The zero-order chi connectivity index (χ0) is 12.0. The van der Waals surface area contributed by atoms with Crippen molar-refractivity contribution in [1.29, 1.82) is 10.5 Å². The van der Waals surface area contributed by atoms with Gasteiger partial charge in [-0.1, -0.05) is 6.92 Å². The summed E-state index contributed by atoms with van der Waals surface area (Å²) >= 11 is 0. The molecule has 0 radical (unpaired) electrons. The molecule has 4 nitrogen and oxygen atoms in total. The molecule has 0 amide bonds. The maximum absolute atomic E-state index is 8.77. The van der Waals surface area contributed by atoms with Crippen molar-refractivity contribution >= 4 is 5.82 Å². The van der Waals surface area contributed by atoms with Gasteiger partial charge in [0.05, 0.1) is 0 Å². The lowest BCUT2D eigenvalue weighted by Gasteiger charge is -2.08. The van der Waals surface area contributed by atoms with Gasteiger partial charge in [0, 0.05) is 11.9 Å². The standard InChI is InChI=1S/C12H12N4/c1-3-11(10(7-13)8-14)16-12-6-9(2)4-5-15-12/h4-6H,3H2,1-2H3,(H,15,16). The van der Waals surface area contributed by atoms with Crippen molar-refractivity contribution in [1.82, 2.24) is 4.98 Å². The first-order valence-corrected chi connectivity index (χ1v) is 4.94. The maximum atomic E-state index is 8.77. The van der Waals surface area contributed by atoms with Crippen LogP contribution in [0.15, 0.2) is 29.6 Å². The molecule has 1 heterocycles. The van der Waals surface area contributed by atoms with Gasteiger partial charge in [-0.25, -0.2) is 4.98 Å². The minimum Gasteiger partial charge on any atom is -0.342 e. The molecular formula is C12H12N4. The van der Waals surface area contributed by atoms with Gasteiger partial charge in [-0.05, 0) is 31.0 Å². The summed E-state index contributed by atoms with van der Waals surface area (Å²) in [5, 5.41) is 20.5. The Balaban J connectivity index is 3.01. The van der Waals surface area contributed by atoms with E-state index in [1.54, 1.807) is 6.20 Å². The number of hydrogen-bond acceptors (Lipinski definition) is 4. The molecule has 0 atom stereocenters. The van der Waals surface area contributed by atoms with Crippen molar-refractivity contribution in [2.24, 2.45) is 0 Å². The van der Waals surface area contributed by atoms with Gasteiger partial charge in [0.2, 0.25) is 0 Å². The Hall–Kier alpha value is -2.33. The van der Waals surface area contributed by atoms with E-state index in [1.165, 1.54) is 0 Å². The summed E-state index contributed by atoms with van der Waals surface area (Å²) in [5.41, 5.74) is 1.78. The summed E-state index contributed by atoms with van der Waals surface area (Å²) in [6, 6.07) is 7.48. The number of pyridine rings is 1. The highest BCUT2D eigenvalue weighted by Crippen LogP contribution is 2.13. The molecule has 4 heteroatoms. The first kappa shape index (κ1) is 11.7. The molecular weight excluding hydrogens is 200 g/mol. The van der Waals surface area contributed by atoms with Crippen molar-refractivity contribution in [2.45, 2.75) is 20.3 Å². The predicted octanol–water partition coefficient (Wildman–Crippen LogP) is 2.51. The smallest absolute Gasteiger partial charge is 0.148 e. The number of rotatable bonds is 3. The van der Waals surface area contributed by atoms with Gasteiger partial charge < -0.3 is 5.32 Å². The van der Waals surface area contributed by atoms with Crippen molar-refractivity contribution in [2.75, 3.05) is 5.32 Å². The van der Waals surface area contributed by atoms with E-state index in [2.05, 4.69) is 10.3 Å². The number of nitrogens with zero attached hydrogens (tertiary/aromatic N) is 3. The van der Waals surface area contributed by atoms with Crippen LogP contribution in [0.25, 0.3) is 0 Å². The zero-order valence-electron chi connectivity index (χ0n) is 9.28. The van der Waals surface area contributed by atoms with E-state index < -0.39 is 0 Å². The molecule has 0 bridgehead atoms. The molecule has 1 aromatic heterocycles. The summed E-state index contributed by atoms with van der Waals surface area (Å²) in [7, 11) is 0. The molecule has 0 aliphatic rings. The highest BCUT2D eigenvalue weighted by atomic mass is 15.0. The molecule has 80 valence electrons. The maximum Gasteiger partial charge on any atom is 0.148 e. The molecule has 1 N–H and O–H groups in total. The summed E-state index contributed by atoms with van der Waals surface area (Å²) in [6.07, 6.45) is 2.27. The number of aryl methyl sites for hydroxylation is 1. The van der Waals surface area contributed by atoms with Crippen LogP contribution in [-0.4, -0.2) is 4.98 Å². The van der Waals surface area contributed by atoms with Crippen LogP contribution in [0.3, 0.4) is 0 Å². The molecule has 0 saturated heterocycles. The van der Waals surface area contributed by atoms with Crippen LogP contribution in [0, 0.1) is 29.6 Å².